The monoisotopic (exact) mass is 521 g/mol. The van der Waals surface area contributed by atoms with E-state index >= 15 is 0 Å². The normalized spacial score (nSPS) is 17.1. The van der Waals surface area contributed by atoms with Crippen LogP contribution in [0.15, 0.2) is 86.4 Å². The highest BCUT2D eigenvalue weighted by atomic mass is 79.9. The number of nitrogens with zero attached hydrogens (tertiary/aromatic N) is 2. The third-order valence-corrected chi connectivity index (χ3v) is 7.05. The number of halogens is 1. The molecule has 0 unspecified atom stereocenters. The van der Waals surface area contributed by atoms with Crippen molar-refractivity contribution in [3.63, 3.8) is 0 Å². The van der Waals surface area contributed by atoms with Crippen molar-refractivity contribution < 1.29 is 14.0 Å². The van der Waals surface area contributed by atoms with E-state index in [0.29, 0.717) is 22.9 Å². The van der Waals surface area contributed by atoms with Gasteiger partial charge >= 0.3 is 0 Å². The molecule has 0 aliphatic carbocycles. The number of furan rings is 1. The number of hydrogen-bond donors (Lipinski definition) is 1. The van der Waals surface area contributed by atoms with E-state index in [1.807, 2.05) is 49.4 Å². The summed E-state index contributed by atoms with van der Waals surface area (Å²) in [6, 6.07) is 20.6. The summed E-state index contributed by atoms with van der Waals surface area (Å²) in [5.41, 5.74) is 2.65. The fourth-order valence-corrected chi connectivity index (χ4v) is 5.08. The molecule has 4 rings (SSSR count). The summed E-state index contributed by atoms with van der Waals surface area (Å²) in [6.45, 7) is 2.15. The lowest BCUT2D eigenvalue weighted by Gasteiger charge is -2.19. The van der Waals surface area contributed by atoms with Crippen LogP contribution in [-0.4, -0.2) is 17.1 Å². The fraction of sp³-hybridized carbons (Fsp3) is 0.160. The maximum absolute atomic E-state index is 13.5. The number of nitrogens with one attached hydrogen (secondary N) is 1. The van der Waals surface area contributed by atoms with Gasteiger partial charge in [0.1, 0.15) is 22.4 Å². The minimum Gasteiger partial charge on any atom is -0.467 e. The number of nitriles is 1. The summed E-state index contributed by atoms with van der Waals surface area (Å²) >= 11 is 4.66. The number of carbonyl (C=O) groups excluding carboxylic acids is 2. The summed E-state index contributed by atoms with van der Waals surface area (Å²) in [7, 11) is 0. The van der Waals surface area contributed by atoms with Gasteiger partial charge in [0.2, 0.25) is 5.91 Å². The second kappa shape index (κ2) is 10.1. The summed E-state index contributed by atoms with van der Waals surface area (Å²) in [6.07, 6.45) is 2.02. The molecule has 8 heteroatoms. The van der Waals surface area contributed by atoms with Crippen LogP contribution in [0.1, 0.15) is 16.9 Å². The molecule has 6 nitrogen and oxygen atoms in total. The Labute approximate surface area is 204 Å². The molecule has 2 aromatic carbocycles. The molecule has 1 saturated heterocycles. The lowest BCUT2D eigenvalue weighted by atomic mass is 10.0. The van der Waals surface area contributed by atoms with Crippen molar-refractivity contribution in [2.24, 2.45) is 0 Å². The Morgan fingerprint density at radius 1 is 1.18 bits per heavy atom. The van der Waals surface area contributed by atoms with E-state index in [-0.39, 0.29) is 18.0 Å². The first-order chi connectivity index (χ1) is 16.0. The number of aryl methyl sites for hydroxylation is 1. The van der Waals surface area contributed by atoms with Crippen LogP contribution in [-0.2, 0) is 22.6 Å². The van der Waals surface area contributed by atoms with E-state index in [1.165, 1.54) is 22.9 Å². The molecule has 1 N–H and O–H groups in total. The highest BCUT2D eigenvalue weighted by molar-refractivity contribution is 9.10. The molecule has 1 aromatic heterocycles. The van der Waals surface area contributed by atoms with Crippen molar-refractivity contribution in [2.45, 2.75) is 25.1 Å². The average Bonchev–Trinajstić information content (AvgIpc) is 3.44. The van der Waals surface area contributed by atoms with Crippen LogP contribution in [0.25, 0.3) is 0 Å². The molecule has 2 amide bonds. The molecule has 0 bridgehead atoms. The molecule has 1 aliphatic rings. The van der Waals surface area contributed by atoms with Gasteiger partial charge in [-0.3, -0.25) is 14.5 Å². The van der Waals surface area contributed by atoms with Gasteiger partial charge in [0, 0.05) is 10.2 Å². The first-order valence-corrected chi connectivity index (χ1v) is 11.9. The van der Waals surface area contributed by atoms with Gasteiger partial charge in [0.25, 0.3) is 5.91 Å². The Kier molecular flexibility index (Phi) is 7.02. The number of hydrogen-bond acceptors (Lipinski definition) is 5. The van der Waals surface area contributed by atoms with Crippen molar-refractivity contribution in [3.05, 3.63) is 98.9 Å². The second-order valence-corrected chi connectivity index (χ2v) is 9.55. The summed E-state index contributed by atoms with van der Waals surface area (Å²) < 4.78 is 6.11. The van der Waals surface area contributed by atoms with Gasteiger partial charge < -0.3 is 9.73 Å². The van der Waals surface area contributed by atoms with E-state index < -0.39 is 11.2 Å². The van der Waals surface area contributed by atoms with Gasteiger partial charge in [-0.15, -0.1) is 0 Å². The van der Waals surface area contributed by atoms with Crippen LogP contribution in [0, 0.1) is 18.3 Å². The largest absolute Gasteiger partial charge is 0.467 e. The first-order valence-electron chi connectivity index (χ1n) is 10.2. The number of rotatable bonds is 6. The van der Waals surface area contributed by atoms with Gasteiger partial charge in [-0.2, -0.15) is 5.26 Å². The Morgan fingerprint density at radius 3 is 2.61 bits per heavy atom. The topological polar surface area (TPSA) is 86.3 Å². The Bertz CT molecular complexity index is 1250. The highest BCUT2D eigenvalue weighted by Gasteiger charge is 2.40. The summed E-state index contributed by atoms with van der Waals surface area (Å²) in [5.74, 6) is -0.141. The van der Waals surface area contributed by atoms with Crippen molar-refractivity contribution in [1.82, 2.24) is 5.32 Å². The minimum atomic E-state index is -0.553. The number of anilines is 1. The van der Waals surface area contributed by atoms with E-state index in [2.05, 4.69) is 21.2 Å². The zero-order valence-corrected chi connectivity index (χ0v) is 20.2. The fourth-order valence-electron chi connectivity index (χ4n) is 3.52. The maximum atomic E-state index is 13.5. The Morgan fingerprint density at radius 2 is 1.94 bits per heavy atom. The van der Waals surface area contributed by atoms with Gasteiger partial charge in [-0.05, 0) is 60.9 Å². The molecule has 1 atom stereocenters. The summed E-state index contributed by atoms with van der Waals surface area (Å²) in [4.78, 5) is 27.9. The van der Waals surface area contributed by atoms with Crippen LogP contribution in [0.5, 0.6) is 0 Å². The third kappa shape index (κ3) is 5.05. The molecule has 166 valence electrons. The molecule has 33 heavy (non-hydrogen) atoms. The van der Waals surface area contributed by atoms with E-state index in [4.69, 9.17) is 4.42 Å². The third-order valence-electron chi connectivity index (χ3n) is 5.26. The first kappa shape index (κ1) is 22.9. The van der Waals surface area contributed by atoms with Gasteiger partial charge in [-0.1, -0.05) is 52.0 Å². The lowest BCUT2D eigenvalue weighted by molar-refractivity contribution is -0.117. The molecule has 0 radical (unpaired) electrons. The SMILES string of the molecule is Cc1ccccc1C[C@@H]1S/C(=C(/C#N)C(=O)NCc2ccco2)N(c2ccc(Br)cc2)C1=O. The van der Waals surface area contributed by atoms with Crippen molar-refractivity contribution in [1.29, 1.82) is 5.26 Å². The number of benzene rings is 2. The van der Waals surface area contributed by atoms with Crippen molar-refractivity contribution in [2.75, 3.05) is 4.90 Å². The number of carbonyl (C=O) groups is 2. The smallest absolute Gasteiger partial charge is 0.265 e. The minimum absolute atomic E-state index is 0.102. The quantitative estimate of drug-likeness (QED) is 0.360. The molecule has 1 aliphatic heterocycles. The number of thioether (sulfide) groups is 1. The van der Waals surface area contributed by atoms with E-state index in [1.54, 1.807) is 24.3 Å². The average molecular weight is 522 g/mol. The molecule has 0 saturated carbocycles. The standard InChI is InChI=1S/C25H20BrN3O3S/c1-16-5-2-3-6-17(16)13-22-24(31)29(19-10-8-18(26)9-11-19)25(33-22)21(14-27)23(30)28-15-20-7-4-12-32-20/h2-12,22H,13,15H2,1H3,(H,28,30)/b25-21-/t22-/m0/s1. The van der Waals surface area contributed by atoms with Gasteiger partial charge in [0.05, 0.1) is 18.1 Å². The molecular formula is C25H20BrN3O3S. The van der Waals surface area contributed by atoms with Crippen LogP contribution in [0.3, 0.4) is 0 Å². The number of amides is 2. The summed E-state index contributed by atoms with van der Waals surface area (Å²) in [5, 5.41) is 12.5. The van der Waals surface area contributed by atoms with Crippen LogP contribution in [0.2, 0.25) is 0 Å². The predicted octanol–water partition coefficient (Wildman–Crippen LogP) is 5.09. The Hall–Kier alpha value is -3.28. The van der Waals surface area contributed by atoms with Crippen LogP contribution in [0.4, 0.5) is 5.69 Å². The molecule has 3 aromatic rings. The zero-order chi connectivity index (χ0) is 23.4. The van der Waals surface area contributed by atoms with E-state index in [0.717, 1.165) is 15.6 Å². The predicted molar refractivity (Wildman–Crippen MR) is 131 cm³/mol. The Balaban J connectivity index is 1.69. The van der Waals surface area contributed by atoms with Crippen molar-refractivity contribution >= 4 is 45.2 Å². The molecule has 1 fully saturated rings. The maximum Gasteiger partial charge on any atom is 0.265 e. The molecule has 2 heterocycles. The molecular weight excluding hydrogens is 502 g/mol. The lowest BCUT2D eigenvalue weighted by Crippen LogP contribution is -2.32. The van der Waals surface area contributed by atoms with Gasteiger partial charge in [-0.25, -0.2) is 0 Å². The van der Waals surface area contributed by atoms with E-state index in [9.17, 15) is 14.9 Å². The zero-order valence-electron chi connectivity index (χ0n) is 17.7. The van der Waals surface area contributed by atoms with Gasteiger partial charge in [0.15, 0.2) is 0 Å². The molecule has 0 spiro atoms. The van der Waals surface area contributed by atoms with Crippen molar-refractivity contribution in [3.8, 4) is 6.07 Å². The van der Waals surface area contributed by atoms with Crippen LogP contribution < -0.4 is 10.2 Å². The highest BCUT2D eigenvalue weighted by Crippen LogP contribution is 2.42. The van der Waals surface area contributed by atoms with Crippen LogP contribution >= 0.6 is 27.7 Å². The second-order valence-electron chi connectivity index (χ2n) is 7.44.